The molecule has 2 aliphatic rings. The van der Waals surface area contributed by atoms with Crippen LogP contribution in [0, 0.1) is 0 Å². The molecule has 5 rings (SSSR count). The molecule has 0 unspecified atom stereocenters. The molecule has 0 bridgehead atoms. The number of nitrogens with zero attached hydrogens (tertiary/aromatic N) is 2. The quantitative estimate of drug-likeness (QED) is 0.522. The summed E-state index contributed by atoms with van der Waals surface area (Å²) in [6, 6.07) is 23.6. The monoisotopic (exact) mass is 322 g/mol. The van der Waals surface area contributed by atoms with Gasteiger partial charge in [0.15, 0.2) is 5.78 Å². The molecule has 0 radical (unpaired) electrons. The first kappa shape index (κ1) is 14.1. The standard InChI is InChI=1S/C22H14N2O/c25-22-17-11-5-4-10-16(17)21-20-15(9-6-12-18(20)22)13-19(23-24-21)14-7-2-1-3-8-14/h1-12H,13H2. The van der Waals surface area contributed by atoms with Gasteiger partial charge in [0.1, 0.15) is 5.71 Å². The van der Waals surface area contributed by atoms with E-state index in [-0.39, 0.29) is 5.78 Å². The van der Waals surface area contributed by atoms with E-state index in [1.54, 1.807) is 0 Å². The Morgan fingerprint density at radius 3 is 2.24 bits per heavy atom. The number of hydrogen-bond donors (Lipinski definition) is 0. The van der Waals surface area contributed by atoms with Crippen molar-refractivity contribution in [2.75, 3.05) is 0 Å². The molecule has 25 heavy (non-hydrogen) atoms. The van der Waals surface area contributed by atoms with E-state index in [2.05, 4.69) is 16.3 Å². The van der Waals surface area contributed by atoms with Gasteiger partial charge < -0.3 is 0 Å². The zero-order valence-corrected chi connectivity index (χ0v) is 13.4. The maximum absolute atomic E-state index is 12.9. The van der Waals surface area contributed by atoms with Gasteiger partial charge >= 0.3 is 0 Å². The fourth-order valence-electron chi connectivity index (χ4n) is 3.60. The van der Waals surface area contributed by atoms with Crippen LogP contribution < -0.4 is 0 Å². The third-order valence-electron chi connectivity index (χ3n) is 4.79. The number of rotatable bonds is 1. The molecule has 0 N–H and O–H groups in total. The highest BCUT2D eigenvalue weighted by atomic mass is 16.1. The predicted octanol–water partition coefficient (Wildman–Crippen LogP) is 4.03. The molecule has 1 aliphatic heterocycles. The fourth-order valence-corrected chi connectivity index (χ4v) is 3.60. The maximum atomic E-state index is 12.9. The van der Waals surface area contributed by atoms with Crippen LogP contribution in [0.2, 0.25) is 0 Å². The summed E-state index contributed by atoms with van der Waals surface area (Å²) in [4.78, 5) is 12.9. The number of benzene rings is 3. The summed E-state index contributed by atoms with van der Waals surface area (Å²) in [5.41, 5.74) is 7.09. The SMILES string of the molecule is O=C1c2ccccc2C2=NN=C(c3ccccc3)Cc3cccc1c32. The van der Waals surface area contributed by atoms with E-state index in [0.29, 0.717) is 12.0 Å². The van der Waals surface area contributed by atoms with Crippen LogP contribution in [0.15, 0.2) is 83.0 Å². The highest BCUT2D eigenvalue weighted by molar-refractivity contribution is 6.31. The number of carbonyl (C=O) groups is 1. The highest BCUT2D eigenvalue weighted by Gasteiger charge is 2.31. The molecule has 0 saturated carbocycles. The van der Waals surface area contributed by atoms with Crippen LogP contribution in [-0.4, -0.2) is 17.2 Å². The smallest absolute Gasteiger partial charge is 0.194 e. The number of hydrogen-bond acceptors (Lipinski definition) is 3. The molecule has 118 valence electrons. The van der Waals surface area contributed by atoms with Crippen molar-refractivity contribution in [1.29, 1.82) is 0 Å². The van der Waals surface area contributed by atoms with Gasteiger partial charge in [-0.2, -0.15) is 5.10 Å². The Morgan fingerprint density at radius 2 is 1.40 bits per heavy atom. The Balaban J connectivity index is 1.79. The summed E-state index contributed by atoms with van der Waals surface area (Å²) in [6.07, 6.45) is 0.662. The lowest BCUT2D eigenvalue weighted by atomic mass is 9.80. The number of ketones is 1. The van der Waals surface area contributed by atoms with Crippen LogP contribution in [0.4, 0.5) is 0 Å². The lowest BCUT2D eigenvalue weighted by molar-refractivity contribution is 0.103. The van der Waals surface area contributed by atoms with Gasteiger partial charge in [0.25, 0.3) is 0 Å². The van der Waals surface area contributed by atoms with Gasteiger partial charge in [0.2, 0.25) is 0 Å². The molecule has 1 aliphatic carbocycles. The minimum absolute atomic E-state index is 0.0644. The molecule has 0 amide bonds. The van der Waals surface area contributed by atoms with Crippen molar-refractivity contribution >= 4 is 17.2 Å². The Hall–Kier alpha value is -3.33. The molecular formula is C22H14N2O. The van der Waals surface area contributed by atoms with Gasteiger partial charge in [-0.05, 0) is 11.1 Å². The van der Waals surface area contributed by atoms with Crippen LogP contribution in [-0.2, 0) is 6.42 Å². The van der Waals surface area contributed by atoms with Crippen LogP contribution in [0.5, 0.6) is 0 Å². The van der Waals surface area contributed by atoms with Crippen LogP contribution in [0.25, 0.3) is 0 Å². The Bertz CT molecular complexity index is 1080. The summed E-state index contributed by atoms with van der Waals surface area (Å²) in [5.74, 6) is 0.0644. The van der Waals surface area contributed by atoms with Gasteiger partial charge in [0, 0.05) is 28.7 Å². The Labute approximate surface area is 145 Å². The molecule has 0 atom stereocenters. The summed E-state index contributed by atoms with van der Waals surface area (Å²) in [5, 5.41) is 9.13. The molecule has 3 heteroatoms. The molecule has 0 spiro atoms. The Kier molecular flexibility index (Phi) is 3.01. The summed E-state index contributed by atoms with van der Waals surface area (Å²) in [6.45, 7) is 0. The highest BCUT2D eigenvalue weighted by Crippen LogP contribution is 2.32. The third kappa shape index (κ3) is 2.09. The van der Waals surface area contributed by atoms with Gasteiger partial charge in [0.05, 0.1) is 5.71 Å². The minimum Gasteiger partial charge on any atom is -0.289 e. The van der Waals surface area contributed by atoms with E-state index in [0.717, 1.165) is 39.2 Å². The second-order valence-corrected chi connectivity index (χ2v) is 6.25. The van der Waals surface area contributed by atoms with Gasteiger partial charge in [-0.15, -0.1) is 5.10 Å². The maximum Gasteiger partial charge on any atom is 0.194 e. The molecule has 3 aromatic carbocycles. The molecule has 0 saturated heterocycles. The second-order valence-electron chi connectivity index (χ2n) is 6.25. The fraction of sp³-hybridized carbons (Fsp3) is 0.0455. The molecule has 3 nitrogen and oxygen atoms in total. The van der Waals surface area contributed by atoms with E-state index in [9.17, 15) is 4.79 Å². The average Bonchev–Trinajstić information content (AvgIpc) is 2.87. The van der Waals surface area contributed by atoms with Crippen LogP contribution >= 0.6 is 0 Å². The normalized spacial score (nSPS) is 14.8. The first-order chi connectivity index (χ1) is 12.3. The predicted molar refractivity (Wildman–Crippen MR) is 98.6 cm³/mol. The Morgan fingerprint density at radius 1 is 0.680 bits per heavy atom. The lowest BCUT2D eigenvalue weighted by Gasteiger charge is -2.21. The van der Waals surface area contributed by atoms with Gasteiger partial charge in [-0.25, -0.2) is 0 Å². The molecule has 0 aromatic heterocycles. The topological polar surface area (TPSA) is 41.8 Å². The molecule has 0 fully saturated rings. The number of carbonyl (C=O) groups excluding carboxylic acids is 1. The molecule has 3 aromatic rings. The first-order valence-electron chi connectivity index (χ1n) is 8.29. The van der Waals surface area contributed by atoms with Crippen molar-refractivity contribution in [3.8, 4) is 0 Å². The molecule has 1 heterocycles. The minimum atomic E-state index is 0.0644. The summed E-state index contributed by atoms with van der Waals surface area (Å²) < 4.78 is 0. The average molecular weight is 322 g/mol. The van der Waals surface area contributed by atoms with E-state index >= 15 is 0 Å². The number of fused-ring (bicyclic) bond motifs is 2. The van der Waals surface area contributed by atoms with E-state index in [4.69, 9.17) is 0 Å². The van der Waals surface area contributed by atoms with Crippen LogP contribution in [0.3, 0.4) is 0 Å². The van der Waals surface area contributed by atoms with E-state index < -0.39 is 0 Å². The van der Waals surface area contributed by atoms with Crippen molar-refractivity contribution < 1.29 is 4.79 Å². The molecular weight excluding hydrogens is 308 g/mol. The largest absolute Gasteiger partial charge is 0.289 e. The summed E-state index contributed by atoms with van der Waals surface area (Å²) in [7, 11) is 0. The van der Waals surface area contributed by atoms with Crippen molar-refractivity contribution in [1.82, 2.24) is 0 Å². The van der Waals surface area contributed by atoms with Crippen molar-refractivity contribution in [2.24, 2.45) is 10.2 Å². The van der Waals surface area contributed by atoms with Gasteiger partial charge in [-0.3, -0.25) is 4.79 Å². The zero-order valence-electron chi connectivity index (χ0n) is 13.4. The second kappa shape index (κ2) is 5.35. The lowest BCUT2D eigenvalue weighted by Crippen LogP contribution is -2.22. The first-order valence-corrected chi connectivity index (χ1v) is 8.29. The van der Waals surface area contributed by atoms with E-state index in [1.807, 2.05) is 66.7 Å². The van der Waals surface area contributed by atoms with E-state index in [1.165, 1.54) is 0 Å². The summed E-state index contributed by atoms with van der Waals surface area (Å²) >= 11 is 0. The van der Waals surface area contributed by atoms with Crippen molar-refractivity contribution in [2.45, 2.75) is 6.42 Å². The third-order valence-corrected chi connectivity index (χ3v) is 4.79. The van der Waals surface area contributed by atoms with Gasteiger partial charge in [-0.1, -0.05) is 72.8 Å². The zero-order chi connectivity index (χ0) is 16.8. The van der Waals surface area contributed by atoms with Crippen molar-refractivity contribution in [3.63, 3.8) is 0 Å². The van der Waals surface area contributed by atoms with Crippen molar-refractivity contribution in [3.05, 3.63) is 106 Å². The van der Waals surface area contributed by atoms with Crippen LogP contribution in [0.1, 0.15) is 38.2 Å².